The minimum absolute atomic E-state index is 0.252. The van der Waals surface area contributed by atoms with Gasteiger partial charge in [0.25, 0.3) is 5.91 Å². The largest absolute Gasteiger partial charge is 0.397 e. The second-order valence-corrected chi connectivity index (χ2v) is 9.51. The van der Waals surface area contributed by atoms with Crippen LogP contribution in [0.5, 0.6) is 0 Å². The summed E-state index contributed by atoms with van der Waals surface area (Å²) in [5.74, 6) is -0.252. The average Bonchev–Trinajstić information content (AvgIpc) is 2.70. The van der Waals surface area contributed by atoms with Gasteiger partial charge in [0, 0.05) is 18.4 Å². The molecule has 0 saturated heterocycles. The van der Waals surface area contributed by atoms with Crippen LogP contribution < -0.4 is 11.1 Å². The molecule has 0 aliphatic rings. The van der Waals surface area contributed by atoms with Crippen LogP contribution in [-0.2, 0) is 15.3 Å². The van der Waals surface area contributed by atoms with E-state index < -0.39 is 7.37 Å². The van der Waals surface area contributed by atoms with Crippen molar-refractivity contribution in [1.82, 2.24) is 0 Å². The minimum atomic E-state index is -2.67. The van der Waals surface area contributed by atoms with Crippen LogP contribution in [0.2, 0.25) is 0 Å². The summed E-state index contributed by atoms with van der Waals surface area (Å²) in [6.45, 7) is 3.86. The first-order valence-corrected chi connectivity index (χ1v) is 11.7. The summed E-state index contributed by atoms with van der Waals surface area (Å²) in [6.07, 6.45) is 0.342. The van der Waals surface area contributed by atoms with Gasteiger partial charge in [-0.25, -0.2) is 0 Å². The number of benzene rings is 3. The van der Waals surface area contributed by atoms with Crippen LogP contribution in [0.3, 0.4) is 0 Å². The molecule has 3 N–H and O–H groups in total. The Balaban J connectivity index is 1.74. The van der Waals surface area contributed by atoms with Crippen LogP contribution in [0.4, 0.5) is 11.4 Å². The Kier molecular flexibility index (Phi) is 6.53. The molecular formula is C23H25N2O3P. The molecular weight excluding hydrogens is 383 g/mol. The molecule has 0 aromatic heterocycles. The molecule has 0 spiro atoms. The number of nitrogen functional groups attached to an aromatic ring is 1. The van der Waals surface area contributed by atoms with Crippen molar-refractivity contribution in [3.05, 3.63) is 83.9 Å². The Morgan fingerprint density at radius 1 is 1.00 bits per heavy atom. The lowest BCUT2D eigenvalue weighted by Crippen LogP contribution is -2.13. The Hall–Kier alpha value is -2.88. The van der Waals surface area contributed by atoms with E-state index in [9.17, 15) is 9.36 Å². The van der Waals surface area contributed by atoms with E-state index in [1.54, 1.807) is 37.0 Å². The monoisotopic (exact) mass is 408 g/mol. The highest BCUT2D eigenvalue weighted by molar-refractivity contribution is 7.57. The maximum Gasteiger partial charge on any atom is 0.255 e. The Bertz CT molecular complexity index is 1030. The van der Waals surface area contributed by atoms with E-state index in [1.165, 1.54) is 0 Å². The standard InChI is InChI=1S/C23H25N2O3P/c1-3-28-29(2,27)16-17-9-11-19(12-10-17)23(26)25-22-15-20(13-14-21(22)24)18-7-5-4-6-8-18/h4-15H,3,16,24H2,1-2H3,(H,25,26). The molecule has 5 nitrogen and oxygen atoms in total. The van der Waals surface area contributed by atoms with E-state index in [4.69, 9.17) is 10.3 Å². The van der Waals surface area contributed by atoms with Gasteiger partial charge in [0.05, 0.1) is 18.0 Å². The lowest BCUT2D eigenvalue weighted by atomic mass is 10.0. The van der Waals surface area contributed by atoms with Crippen LogP contribution in [-0.4, -0.2) is 19.2 Å². The fraction of sp³-hybridized carbons (Fsp3) is 0.174. The average molecular weight is 408 g/mol. The molecule has 150 valence electrons. The van der Waals surface area contributed by atoms with Crippen LogP contribution in [0.1, 0.15) is 22.8 Å². The van der Waals surface area contributed by atoms with E-state index in [-0.39, 0.29) is 5.91 Å². The Morgan fingerprint density at radius 3 is 2.34 bits per heavy atom. The number of carbonyl (C=O) groups is 1. The molecule has 1 unspecified atom stereocenters. The number of carbonyl (C=O) groups excluding carboxylic acids is 1. The first kappa shape index (κ1) is 20.8. The minimum Gasteiger partial charge on any atom is -0.397 e. The summed E-state index contributed by atoms with van der Waals surface area (Å²) < 4.78 is 17.6. The second kappa shape index (κ2) is 9.08. The van der Waals surface area contributed by atoms with Crippen LogP contribution in [0.15, 0.2) is 72.8 Å². The fourth-order valence-electron chi connectivity index (χ4n) is 3.08. The van der Waals surface area contributed by atoms with Gasteiger partial charge in [-0.2, -0.15) is 0 Å². The number of nitrogens with two attached hydrogens (primary N) is 1. The predicted octanol–water partition coefficient (Wildman–Crippen LogP) is 5.63. The zero-order chi connectivity index (χ0) is 20.9. The third-order valence-electron chi connectivity index (χ3n) is 4.50. The van der Waals surface area contributed by atoms with Gasteiger partial charge in [0.15, 0.2) is 0 Å². The second-order valence-electron chi connectivity index (χ2n) is 6.91. The highest BCUT2D eigenvalue weighted by atomic mass is 31.2. The van der Waals surface area contributed by atoms with Crippen LogP contribution in [0.25, 0.3) is 11.1 Å². The van der Waals surface area contributed by atoms with Crippen LogP contribution >= 0.6 is 7.37 Å². The number of rotatable bonds is 7. The van der Waals surface area contributed by atoms with E-state index in [2.05, 4.69) is 5.32 Å². The Morgan fingerprint density at radius 2 is 1.69 bits per heavy atom. The molecule has 1 amide bonds. The smallest absolute Gasteiger partial charge is 0.255 e. The van der Waals surface area contributed by atoms with E-state index in [0.29, 0.717) is 29.7 Å². The zero-order valence-corrected chi connectivity index (χ0v) is 17.5. The molecule has 0 bridgehead atoms. The fourth-order valence-corrected chi connectivity index (χ4v) is 4.59. The number of hydrogen-bond donors (Lipinski definition) is 2. The molecule has 3 aromatic rings. The van der Waals surface area contributed by atoms with E-state index in [0.717, 1.165) is 16.7 Å². The molecule has 0 aliphatic carbocycles. The summed E-state index contributed by atoms with van der Waals surface area (Å²) in [7, 11) is -2.67. The molecule has 6 heteroatoms. The van der Waals surface area contributed by atoms with Gasteiger partial charge in [-0.05, 0) is 47.9 Å². The van der Waals surface area contributed by atoms with Crippen LogP contribution in [0, 0.1) is 0 Å². The topological polar surface area (TPSA) is 81.4 Å². The number of nitrogens with one attached hydrogen (secondary N) is 1. The summed E-state index contributed by atoms with van der Waals surface area (Å²) in [6, 6.07) is 22.5. The van der Waals surface area contributed by atoms with Crippen molar-refractivity contribution in [2.45, 2.75) is 13.1 Å². The quantitative estimate of drug-likeness (QED) is 0.392. The van der Waals surface area contributed by atoms with Gasteiger partial charge in [0.2, 0.25) is 7.37 Å². The SMILES string of the molecule is CCOP(C)(=O)Cc1ccc(C(=O)Nc2cc(-c3ccccc3)ccc2N)cc1. The summed E-state index contributed by atoms with van der Waals surface area (Å²) in [5.41, 5.74) is 10.5. The summed E-state index contributed by atoms with van der Waals surface area (Å²) >= 11 is 0. The molecule has 0 fully saturated rings. The van der Waals surface area contributed by atoms with Crippen molar-refractivity contribution >= 4 is 24.7 Å². The summed E-state index contributed by atoms with van der Waals surface area (Å²) in [4.78, 5) is 12.7. The number of hydrogen-bond acceptors (Lipinski definition) is 4. The molecule has 3 aromatic carbocycles. The van der Waals surface area contributed by atoms with Crippen molar-refractivity contribution in [2.24, 2.45) is 0 Å². The molecule has 0 heterocycles. The van der Waals surface area contributed by atoms with Gasteiger partial charge in [-0.15, -0.1) is 0 Å². The molecule has 0 aliphatic heterocycles. The first-order valence-electron chi connectivity index (χ1n) is 9.44. The summed E-state index contributed by atoms with van der Waals surface area (Å²) in [5, 5.41) is 2.88. The third-order valence-corrected chi connectivity index (χ3v) is 6.24. The molecule has 0 saturated carbocycles. The highest BCUT2D eigenvalue weighted by Crippen LogP contribution is 2.46. The van der Waals surface area contributed by atoms with Gasteiger partial charge in [-0.3, -0.25) is 9.36 Å². The van der Waals surface area contributed by atoms with Gasteiger partial charge in [0.1, 0.15) is 0 Å². The number of amides is 1. The van der Waals surface area contributed by atoms with Gasteiger partial charge < -0.3 is 15.6 Å². The highest BCUT2D eigenvalue weighted by Gasteiger charge is 2.16. The maximum absolute atomic E-state index is 12.7. The Labute approximate surface area is 171 Å². The van der Waals surface area contributed by atoms with Crippen molar-refractivity contribution < 1.29 is 13.9 Å². The number of anilines is 2. The van der Waals surface area contributed by atoms with E-state index in [1.807, 2.05) is 49.4 Å². The van der Waals surface area contributed by atoms with Crippen molar-refractivity contribution in [1.29, 1.82) is 0 Å². The van der Waals surface area contributed by atoms with Crippen molar-refractivity contribution in [3.8, 4) is 11.1 Å². The normalized spacial score (nSPS) is 12.9. The van der Waals surface area contributed by atoms with Crippen molar-refractivity contribution in [3.63, 3.8) is 0 Å². The zero-order valence-electron chi connectivity index (χ0n) is 16.6. The lowest BCUT2D eigenvalue weighted by molar-refractivity contribution is 0.102. The molecule has 29 heavy (non-hydrogen) atoms. The molecule has 1 atom stereocenters. The maximum atomic E-state index is 12.7. The lowest BCUT2D eigenvalue weighted by Gasteiger charge is -2.13. The molecule has 0 radical (unpaired) electrons. The predicted molar refractivity (Wildman–Crippen MR) is 120 cm³/mol. The molecule has 3 rings (SSSR count). The van der Waals surface area contributed by atoms with Gasteiger partial charge >= 0.3 is 0 Å². The third kappa shape index (κ3) is 5.57. The van der Waals surface area contributed by atoms with Crippen molar-refractivity contribution in [2.75, 3.05) is 24.3 Å². The van der Waals surface area contributed by atoms with Gasteiger partial charge in [-0.1, -0.05) is 48.5 Å². The van der Waals surface area contributed by atoms with E-state index >= 15 is 0 Å². The first-order chi connectivity index (χ1) is 13.9.